The molecule has 0 aliphatic carbocycles. The van der Waals surface area contributed by atoms with Gasteiger partial charge in [0.1, 0.15) is 5.82 Å². The van der Waals surface area contributed by atoms with Gasteiger partial charge in [-0.3, -0.25) is 9.79 Å². The Labute approximate surface area is 167 Å². The first-order valence-electron chi connectivity index (χ1n) is 8.89. The van der Waals surface area contributed by atoms with Crippen LogP contribution in [-0.2, 0) is 17.9 Å². The Morgan fingerprint density at radius 3 is 2.55 bits per heavy atom. The molecular formula is C21H21N5O3. The van der Waals surface area contributed by atoms with Crippen molar-refractivity contribution in [3.63, 3.8) is 0 Å². The normalized spacial score (nSPS) is 11.7. The van der Waals surface area contributed by atoms with Crippen LogP contribution < -0.4 is 11.1 Å². The average molecular weight is 391 g/mol. The van der Waals surface area contributed by atoms with Gasteiger partial charge < -0.3 is 21.3 Å². The van der Waals surface area contributed by atoms with Crippen LogP contribution in [0, 0.1) is 0 Å². The fourth-order valence-corrected chi connectivity index (χ4v) is 2.87. The predicted octanol–water partition coefficient (Wildman–Crippen LogP) is 2.74. The number of aliphatic imine (C=N–C) groups is 1. The van der Waals surface area contributed by atoms with Crippen molar-refractivity contribution in [2.45, 2.75) is 20.1 Å². The number of aliphatic carboxylic acids is 1. The van der Waals surface area contributed by atoms with Gasteiger partial charge in [0, 0.05) is 29.9 Å². The molecule has 8 nitrogen and oxygen atoms in total. The van der Waals surface area contributed by atoms with Crippen LogP contribution >= 0.6 is 0 Å². The van der Waals surface area contributed by atoms with Crippen LogP contribution in [0.25, 0.3) is 0 Å². The lowest BCUT2D eigenvalue weighted by molar-refractivity contribution is -0.134. The molecule has 148 valence electrons. The molecule has 0 saturated heterocycles. The van der Waals surface area contributed by atoms with E-state index >= 15 is 0 Å². The minimum atomic E-state index is -0.833. The molecule has 8 heteroatoms. The van der Waals surface area contributed by atoms with Crippen LogP contribution in [0.15, 0.2) is 59.7 Å². The molecule has 5 N–H and O–H groups in total. The van der Waals surface area contributed by atoms with Crippen LogP contribution in [0.2, 0.25) is 0 Å². The van der Waals surface area contributed by atoms with Crippen molar-refractivity contribution in [1.82, 2.24) is 9.97 Å². The molecule has 0 atom stereocenters. The van der Waals surface area contributed by atoms with Gasteiger partial charge >= 0.3 is 0 Å². The number of carboxylic acids is 1. The van der Waals surface area contributed by atoms with E-state index in [2.05, 4.69) is 32.4 Å². The number of nitrogens with two attached hydrogens (primary N) is 1. The molecule has 0 saturated carbocycles. The summed E-state index contributed by atoms with van der Waals surface area (Å²) >= 11 is 0. The lowest BCUT2D eigenvalue weighted by Crippen LogP contribution is -2.03. The monoisotopic (exact) mass is 391 g/mol. The summed E-state index contributed by atoms with van der Waals surface area (Å²) in [5.74, 6) is 0.0496. The largest absolute Gasteiger partial charge is 0.481 e. The number of benzene rings is 2. The molecule has 0 fully saturated rings. The molecule has 1 aliphatic rings. The maximum atomic E-state index is 9.19. The van der Waals surface area contributed by atoms with Gasteiger partial charge in [-0.05, 0) is 29.3 Å². The number of aliphatic hydroxyl groups is 1. The molecule has 0 bridgehead atoms. The summed E-state index contributed by atoms with van der Waals surface area (Å²) in [7, 11) is 0. The number of carboxylic acid groups (broad SMARTS) is 1. The number of anilines is 3. The Hall–Kier alpha value is -3.78. The number of carbonyl (C=O) groups is 1. The second-order valence-corrected chi connectivity index (χ2v) is 6.34. The minimum absolute atomic E-state index is 0.0411. The first-order chi connectivity index (χ1) is 14.0. The van der Waals surface area contributed by atoms with Crippen LogP contribution in [0.4, 0.5) is 17.5 Å². The highest BCUT2D eigenvalue weighted by atomic mass is 16.4. The molecule has 2 aromatic carbocycles. The summed E-state index contributed by atoms with van der Waals surface area (Å²) in [6, 6.07) is 15.7. The van der Waals surface area contributed by atoms with Crippen LogP contribution in [0.1, 0.15) is 29.2 Å². The highest BCUT2D eigenvalue weighted by Gasteiger charge is 2.18. The molecule has 1 aliphatic heterocycles. The van der Waals surface area contributed by atoms with E-state index < -0.39 is 5.97 Å². The Morgan fingerprint density at radius 1 is 1.17 bits per heavy atom. The van der Waals surface area contributed by atoms with Crippen LogP contribution in [0.5, 0.6) is 0 Å². The third-order valence-corrected chi connectivity index (χ3v) is 4.13. The topological polar surface area (TPSA) is 134 Å². The van der Waals surface area contributed by atoms with E-state index in [1.807, 2.05) is 30.3 Å². The van der Waals surface area contributed by atoms with E-state index in [9.17, 15) is 5.11 Å². The van der Waals surface area contributed by atoms with E-state index in [1.165, 1.54) is 5.56 Å². The predicted molar refractivity (Wildman–Crippen MR) is 111 cm³/mol. The van der Waals surface area contributed by atoms with Crippen LogP contribution in [-0.4, -0.2) is 31.9 Å². The van der Waals surface area contributed by atoms with Gasteiger partial charge in [0.2, 0.25) is 5.95 Å². The van der Waals surface area contributed by atoms with Crippen molar-refractivity contribution in [2.75, 3.05) is 11.1 Å². The highest BCUT2D eigenvalue weighted by molar-refractivity contribution is 6.15. The van der Waals surface area contributed by atoms with E-state index in [0.29, 0.717) is 12.4 Å². The molecule has 0 amide bonds. The maximum Gasteiger partial charge on any atom is 0.300 e. The molecule has 3 aromatic rings. The first-order valence-corrected chi connectivity index (χ1v) is 8.89. The fraction of sp³-hybridized carbons (Fsp3) is 0.143. The van der Waals surface area contributed by atoms with Crippen molar-refractivity contribution >= 4 is 29.1 Å². The average Bonchev–Trinajstić information content (AvgIpc) is 3.11. The van der Waals surface area contributed by atoms with E-state index in [-0.39, 0.29) is 12.6 Å². The smallest absolute Gasteiger partial charge is 0.300 e. The second kappa shape index (κ2) is 8.94. The number of nitrogen functional groups attached to an aromatic ring is 1. The van der Waals surface area contributed by atoms with Gasteiger partial charge in [-0.15, -0.1) is 0 Å². The minimum Gasteiger partial charge on any atom is -0.481 e. The molecule has 2 heterocycles. The summed E-state index contributed by atoms with van der Waals surface area (Å²) in [4.78, 5) is 21.7. The van der Waals surface area contributed by atoms with Gasteiger partial charge in [0.25, 0.3) is 5.97 Å². The van der Waals surface area contributed by atoms with E-state index in [0.717, 1.165) is 35.0 Å². The molecular weight excluding hydrogens is 370 g/mol. The number of hydrogen-bond acceptors (Lipinski definition) is 7. The number of nitrogens with zero attached hydrogens (tertiary/aromatic N) is 3. The van der Waals surface area contributed by atoms with Gasteiger partial charge in [0.15, 0.2) is 0 Å². The van der Waals surface area contributed by atoms with Crippen LogP contribution in [0.3, 0.4) is 0 Å². The van der Waals surface area contributed by atoms with Gasteiger partial charge in [0.05, 0.1) is 18.9 Å². The summed E-state index contributed by atoms with van der Waals surface area (Å²) in [5.41, 5.74) is 11.7. The summed E-state index contributed by atoms with van der Waals surface area (Å²) in [5, 5.41) is 19.9. The number of aliphatic hydroxyl groups excluding tert-OH is 1. The summed E-state index contributed by atoms with van der Waals surface area (Å²) in [6.45, 7) is 1.80. The molecule has 1 aromatic heterocycles. The third-order valence-electron chi connectivity index (χ3n) is 4.13. The van der Waals surface area contributed by atoms with Gasteiger partial charge in [-0.1, -0.05) is 30.3 Å². The zero-order chi connectivity index (χ0) is 20.8. The molecule has 0 spiro atoms. The lowest BCUT2D eigenvalue weighted by Gasteiger charge is -2.10. The molecule has 29 heavy (non-hydrogen) atoms. The number of fused-ring (bicyclic) bond motifs is 1. The highest BCUT2D eigenvalue weighted by Crippen LogP contribution is 2.27. The third kappa shape index (κ3) is 5.14. The Balaban J connectivity index is 0.000000552. The van der Waals surface area contributed by atoms with Gasteiger partial charge in [-0.2, -0.15) is 4.98 Å². The zero-order valence-electron chi connectivity index (χ0n) is 15.8. The summed E-state index contributed by atoms with van der Waals surface area (Å²) in [6.07, 6.45) is 1.62. The number of hydrogen-bond donors (Lipinski definition) is 4. The Bertz CT molecular complexity index is 1040. The van der Waals surface area contributed by atoms with Crippen molar-refractivity contribution in [3.8, 4) is 0 Å². The standard InChI is InChI=1S/C19H17N5O.C2H4O2/c20-19-21-8-7-17(24-19)23-15-6-5-14-10-22-18(16(14)9-15)13-3-1-12(11-25)2-4-13;1-2(3)4/h1-9,25H,10-11H2,(H3,20,21,23,24);1H3,(H,3,4). The van der Waals surface area contributed by atoms with Crippen molar-refractivity contribution in [2.24, 2.45) is 4.99 Å². The maximum absolute atomic E-state index is 9.19. The van der Waals surface area contributed by atoms with Crippen molar-refractivity contribution in [3.05, 3.63) is 77.0 Å². The SMILES string of the molecule is CC(=O)O.Nc1nccc(Nc2ccc3c(c2)C(c2ccc(CO)cc2)=NC3)n1. The quantitative estimate of drug-likeness (QED) is 0.537. The number of aromatic nitrogens is 2. The van der Waals surface area contributed by atoms with Crippen molar-refractivity contribution < 1.29 is 15.0 Å². The molecule has 0 unspecified atom stereocenters. The number of rotatable bonds is 4. The number of nitrogens with one attached hydrogen (secondary N) is 1. The Morgan fingerprint density at radius 2 is 1.90 bits per heavy atom. The molecule has 0 radical (unpaired) electrons. The lowest BCUT2D eigenvalue weighted by atomic mass is 9.99. The molecule has 4 rings (SSSR count). The van der Waals surface area contributed by atoms with E-state index in [1.54, 1.807) is 12.3 Å². The van der Waals surface area contributed by atoms with Crippen molar-refractivity contribution in [1.29, 1.82) is 0 Å². The second-order valence-electron chi connectivity index (χ2n) is 6.34. The fourth-order valence-electron chi connectivity index (χ4n) is 2.87. The van der Waals surface area contributed by atoms with E-state index in [4.69, 9.17) is 15.6 Å². The summed E-state index contributed by atoms with van der Waals surface area (Å²) < 4.78 is 0. The Kier molecular flexibility index (Phi) is 6.16. The zero-order valence-corrected chi connectivity index (χ0v) is 15.8. The van der Waals surface area contributed by atoms with Gasteiger partial charge in [-0.25, -0.2) is 4.98 Å². The first kappa shape index (κ1) is 20.0.